The van der Waals surface area contributed by atoms with Crippen molar-refractivity contribution in [1.29, 1.82) is 0 Å². The first-order chi connectivity index (χ1) is 11.4. The minimum absolute atomic E-state index is 0.0835. The first kappa shape index (κ1) is 18.0. The molecule has 0 aromatic heterocycles. The van der Waals surface area contributed by atoms with Crippen LogP contribution in [0.25, 0.3) is 0 Å². The number of amides is 2. The molecule has 126 valence electrons. The van der Waals surface area contributed by atoms with Gasteiger partial charge < -0.3 is 10.2 Å². The number of rotatable bonds is 5. The normalized spacial score (nSPS) is 10.3. The van der Waals surface area contributed by atoms with Crippen LogP contribution in [0, 0.1) is 13.8 Å². The molecule has 0 spiro atoms. The van der Waals surface area contributed by atoms with Gasteiger partial charge in [0.25, 0.3) is 0 Å². The maximum Gasteiger partial charge on any atom is 0.226 e. The van der Waals surface area contributed by atoms with Gasteiger partial charge >= 0.3 is 0 Å². The van der Waals surface area contributed by atoms with E-state index in [1.165, 1.54) is 6.92 Å². The predicted molar refractivity (Wildman–Crippen MR) is 98.6 cm³/mol. The summed E-state index contributed by atoms with van der Waals surface area (Å²) in [7, 11) is 0. The van der Waals surface area contributed by atoms with Gasteiger partial charge in [-0.2, -0.15) is 0 Å². The second kappa shape index (κ2) is 7.97. The molecule has 0 bridgehead atoms. The zero-order chi connectivity index (χ0) is 17.7. The summed E-state index contributed by atoms with van der Waals surface area (Å²) in [5.74, 6) is -0.222. The maximum atomic E-state index is 12.2. The number of carbonyl (C=O) groups is 2. The molecule has 0 radical (unpaired) electrons. The number of para-hydroxylation sites is 1. The molecule has 2 amide bonds. The number of carbonyl (C=O) groups excluding carboxylic acids is 2. The average molecular weight is 345 g/mol. The van der Waals surface area contributed by atoms with Gasteiger partial charge in [-0.3, -0.25) is 9.59 Å². The van der Waals surface area contributed by atoms with E-state index in [2.05, 4.69) is 5.32 Å². The lowest BCUT2D eigenvalue weighted by atomic mass is 10.1. The van der Waals surface area contributed by atoms with Crippen LogP contribution in [0.15, 0.2) is 42.5 Å². The van der Waals surface area contributed by atoms with E-state index in [9.17, 15) is 9.59 Å². The zero-order valence-electron chi connectivity index (χ0n) is 14.1. The molecule has 2 aromatic rings. The molecule has 0 aliphatic heterocycles. The molecular formula is C19H21ClN2O2. The van der Waals surface area contributed by atoms with Gasteiger partial charge in [-0.1, -0.05) is 29.8 Å². The number of benzene rings is 2. The zero-order valence-corrected chi connectivity index (χ0v) is 14.9. The highest BCUT2D eigenvalue weighted by atomic mass is 35.5. The molecule has 0 heterocycles. The third kappa shape index (κ3) is 4.59. The Bertz CT molecular complexity index is 759. The van der Waals surface area contributed by atoms with Crippen molar-refractivity contribution in [3.8, 4) is 0 Å². The lowest BCUT2D eigenvalue weighted by Crippen LogP contribution is -2.32. The summed E-state index contributed by atoms with van der Waals surface area (Å²) in [6.07, 6.45) is 0.218. The van der Waals surface area contributed by atoms with Crippen molar-refractivity contribution in [2.45, 2.75) is 27.2 Å². The number of nitrogens with zero attached hydrogens (tertiary/aromatic N) is 1. The quantitative estimate of drug-likeness (QED) is 0.877. The van der Waals surface area contributed by atoms with Gasteiger partial charge in [0, 0.05) is 36.3 Å². The summed E-state index contributed by atoms with van der Waals surface area (Å²) in [4.78, 5) is 25.8. The van der Waals surface area contributed by atoms with Crippen molar-refractivity contribution in [2.75, 3.05) is 16.8 Å². The molecule has 0 fully saturated rings. The minimum atomic E-state index is -0.139. The van der Waals surface area contributed by atoms with Crippen molar-refractivity contribution >= 4 is 34.8 Å². The van der Waals surface area contributed by atoms with Crippen LogP contribution in [0.5, 0.6) is 0 Å². The summed E-state index contributed by atoms with van der Waals surface area (Å²) in [5.41, 5.74) is 3.47. The van der Waals surface area contributed by atoms with Crippen LogP contribution in [0.4, 0.5) is 11.4 Å². The summed E-state index contributed by atoms with van der Waals surface area (Å²) < 4.78 is 0. The van der Waals surface area contributed by atoms with E-state index < -0.39 is 0 Å². The topological polar surface area (TPSA) is 49.4 Å². The Morgan fingerprint density at radius 2 is 1.79 bits per heavy atom. The minimum Gasteiger partial charge on any atom is -0.326 e. The summed E-state index contributed by atoms with van der Waals surface area (Å²) >= 11 is 5.92. The summed E-state index contributed by atoms with van der Waals surface area (Å²) in [6.45, 7) is 5.67. The molecule has 0 saturated carbocycles. The number of hydrogen-bond donors (Lipinski definition) is 1. The van der Waals surface area contributed by atoms with E-state index in [1.807, 2.05) is 38.1 Å². The van der Waals surface area contributed by atoms with E-state index in [0.717, 1.165) is 22.5 Å². The number of nitrogens with one attached hydrogen (secondary N) is 1. The monoisotopic (exact) mass is 344 g/mol. The highest BCUT2D eigenvalue weighted by molar-refractivity contribution is 6.30. The van der Waals surface area contributed by atoms with Crippen LogP contribution in [-0.2, 0) is 9.59 Å². The Balaban J connectivity index is 2.03. The van der Waals surface area contributed by atoms with Crippen LogP contribution < -0.4 is 10.2 Å². The fourth-order valence-electron chi connectivity index (χ4n) is 2.51. The van der Waals surface area contributed by atoms with Crippen molar-refractivity contribution < 1.29 is 9.59 Å². The van der Waals surface area contributed by atoms with Gasteiger partial charge in [-0.05, 0) is 49.2 Å². The first-order valence-corrected chi connectivity index (χ1v) is 8.16. The van der Waals surface area contributed by atoms with Gasteiger partial charge in [-0.25, -0.2) is 0 Å². The maximum absolute atomic E-state index is 12.2. The van der Waals surface area contributed by atoms with E-state index in [4.69, 9.17) is 11.6 Å². The summed E-state index contributed by atoms with van der Waals surface area (Å²) in [6, 6.07) is 13.0. The fraction of sp³-hybridized carbons (Fsp3) is 0.263. The van der Waals surface area contributed by atoms with Gasteiger partial charge in [0.15, 0.2) is 0 Å². The van der Waals surface area contributed by atoms with Gasteiger partial charge in [0.2, 0.25) is 11.8 Å². The van der Waals surface area contributed by atoms with Crippen LogP contribution in [0.1, 0.15) is 24.5 Å². The van der Waals surface area contributed by atoms with Crippen molar-refractivity contribution in [3.05, 3.63) is 58.6 Å². The SMILES string of the molecule is CC(=O)N(CCC(=O)Nc1ccc(Cl)cc1C)c1ccccc1C. The van der Waals surface area contributed by atoms with Crippen molar-refractivity contribution in [3.63, 3.8) is 0 Å². The van der Waals surface area contributed by atoms with Gasteiger partial charge in [0.05, 0.1) is 0 Å². The van der Waals surface area contributed by atoms with E-state index in [0.29, 0.717) is 11.6 Å². The Morgan fingerprint density at radius 3 is 2.42 bits per heavy atom. The van der Waals surface area contributed by atoms with E-state index in [-0.39, 0.29) is 18.2 Å². The molecule has 4 nitrogen and oxygen atoms in total. The van der Waals surface area contributed by atoms with E-state index >= 15 is 0 Å². The highest BCUT2D eigenvalue weighted by Gasteiger charge is 2.15. The smallest absolute Gasteiger partial charge is 0.226 e. The molecule has 5 heteroatoms. The molecule has 0 unspecified atom stereocenters. The standard InChI is InChI=1S/C19H21ClN2O2/c1-13-6-4-5-7-18(13)22(15(3)23)11-10-19(24)21-17-9-8-16(20)12-14(17)2/h4-9,12H,10-11H2,1-3H3,(H,21,24). The van der Waals surface area contributed by atoms with E-state index in [1.54, 1.807) is 23.1 Å². The molecule has 24 heavy (non-hydrogen) atoms. The number of anilines is 2. The third-order valence-electron chi connectivity index (χ3n) is 3.81. The third-order valence-corrected chi connectivity index (χ3v) is 4.05. The molecule has 0 atom stereocenters. The molecule has 2 aromatic carbocycles. The largest absolute Gasteiger partial charge is 0.326 e. The second-order valence-electron chi connectivity index (χ2n) is 5.71. The Kier molecular flexibility index (Phi) is 5.99. The molecule has 0 saturated heterocycles. The number of halogens is 1. The van der Waals surface area contributed by atoms with Crippen LogP contribution in [-0.4, -0.2) is 18.4 Å². The second-order valence-corrected chi connectivity index (χ2v) is 6.15. The fourth-order valence-corrected chi connectivity index (χ4v) is 2.73. The predicted octanol–water partition coefficient (Wildman–Crippen LogP) is 4.34. The van der Waals surface area contributed by atoms with Crippen molar-refractivity contribution in [1.82, 2.24) is 0 Å². The molecule has 0 aliphatic rings. The summed E-state index contributed by atoms with van der Waals surface area (Å²) in [5, 5.41) is 3.49. The van der Waals surface area contributed by atoms with Crippen LogP contribution >= 0.6 is 11.6 Å². The van der Waals surface area contributed by atoms with Gasteiger partial charge in [-0.15, -0.1) is 0 Å². The Morgan fingerprint density at radius 1 is 1.08 bits per heavy atom. The average Bonchev–Trinajstić information content (AvgIpc) is 2.51. The molecule has 1 N–H and O–H groups in total. The molecular weight excluding hydrogens is 324 g/mol. The lowest BCUT2D eigenvalue weighted by Gasteiger charge is -2.23. The van der Waals surface area contributed by atoms with Gasteiger partial charge in [0.1, 0.15) is 0 Å². The molecule has 0 aliphatic carbocycles. The Labute approximate surface area is 147 Å². The lowest BCUT2D eigenvalue weighted by molar-refractivity contribution is -0.117. The van der Waals surface area contributed by atoms with Crippen LogP contribution in [0.3, 0.4) is 0 Å². The van der Waals surface area contributed by atoms with Crippen LogP contribution in [0.2, 0.25) is 5.02 Å². The molecule has 2 rings (SSSR count). The number of hydrogen-bond acceptors (Lipinski definition) is 2. The Hall–Kier alpha value is -2.33. The number of aryl methyl sites for hydroxylation is 2. The first-order valence-electron chi connectivity index (χ1n) is 7.78. The van der Waals surface area contributed by atoms with Crippen molar-refractivity contribution in [2.24, 2.45) is 0 Å². The highest BCUT2D eigenvalue weighted by Crippen LogP contribution is 2.21.